The van der Waals surface area contributed by atoms with Crippen LogP contribution in [0.5, 0.6) is 5.75 Å². The van der Waals surface area contributed by atoms with Crippen molar-refractivity contribution in [3.05, 3.63) is 120 Å². The number of rotatable bonds is 6. The Bertz CT molecular complexity index is 1530. The Morgan fingerprint density at radius 2 is 1.84 bits per heavy atom. The van der Waals surface area contributed by atoms with E-state index < -0.39 is 5.97 Å². The van der Waals surface area contributed by atoms with Gasteiger partial charge in [0.05, 0.1) is 24.8 Å². The summed E-state index contributed by atoms with van der Waals surface area (Å²) < 4.78 is 7.22. The van der Waals surface area contributed by atoms with Crippen molar-refractivity contribution in [2.24, 2.45) is 0 Å². The molecule has 0 bridgehead atoms. The quantitative estimate of drug-likeness (QED) is 0.151. The summed E-state index contributed by atoms with van der Waals surface area (Å²) in [5, 5.41) is 8.78. The van der Waals surface area contributed by atoms with Gasteiger partial charge in [0.15, 0.2) is 0 Å². The molecule has 0 aliphatic carbocycles. The Morgan fingerprint density at radius 3 is 2.66 bits per heavy atom. The lowest BCUT2D eigenvalue weighted by molar-refractivity contribution is -0.128. The van der Waals surface area contributed by atoms with E-state index in [1.165, 1.54) is 16.8 Å². The lowest BCUT2D eigenvalue weighted by atomic mass is 9.77. The lowest BCUT2D eigenvalue weighted by Crippen LogP contribution is -2.37. The summed E-state index contributed by atoms with van der Waals surface area (Å²) in [7, 11) is 0. The zero-order valence-electron chi connectivity index (χ0n) is 21.7. The van der Waals surface area contributed by atoms with Crippen molar-refractivity contribution in [3.8, 4) is 17.6 Å². The average Bonchev–Trinajstić information content (AvgIpc) is 3.37. The first-order chi connectivity index (χ1) is 18.4. The van der Waals surface area contributed by atoms with Crippen LogP contribution in [0.4, 0.5) is 5.69 Å². The van der Waals surface area contributed by atoms with E-state index in [0.29, 0.717) is 24.4 Å². The topological polar surface area (TPSA) is 60.2 Å². The molecule has 5 rings (SSSR count). The predicted octanol–water partition coefficient (Wildman–Crippen LogP) is 5.51. The van der Waals surface area contributed by atoms with Crippen molar-refractivity contribution < 1.29 is 9.53 Å². The number of fused-ring (bicyclic) bond motifs is 1. The molecular weight excluding hydrogens is 472 g/mol. The molecule has 0 atom stereocenters. The number of anilines is 1. The van der Waals surface area contributed by atoms with Gasteiger partial charge < -0.3 is 9.64 Å². The van der Waals surface area contributed by atoms with Crippen LogP contribution in [0.3, 0.4) is 0 Å². The summed E-state index contributed by atoms with van der Waals surface area (Å²) in [5.41, 5.74) is 6.19. The first-order valence-electron chi connectivity index (χ1n) is 12.7. The second-order valence-electron chi connectivity index (χ2n) is 10.1. The van der Waals surface area contributed by atoms with Gasteiger partial charge >= 0.3 is 5.97 Å². The molecule has 2 heterocycles. The van der Waals surface area contributed by atoms with Gasteiger partial charge in [-0.05, 0) is 53.3 Å². The first-order valence-corrected chi connectivity index (χ1v) is 12.7. The summed E-state index contributed by atoms with van der Waals surface area (Å²) in [6, 6.07) is 23.9. The maximum Gasteiger partial charge on any atom is 0.335 e. The molecule has 3 aromatic carbocycles. The molecule has 1 aromatic heterocycles. The molecule has 190 valence electrons. The highest BCUT2D eigenvalue weighted by atomic mass is 16.5. The third-order valence-electron chi connectivity index (χ3n) is 6.81. The molecule has 0 spiro atoms. The molecule has 0 unspecified atom stereocenters. The van der Waals surface area contributed by atoms with E-state index in [2.05, 4.69) is 71.7 Å². The fraction of sp³-hybridized carbons (Fsp3) is 0.219. The molecule has 0 amide bonds. The summed E-state index contributed by atoms with van der Waals surface area (Å²) in [6.45, 7) is 10.4. The van der Waals surface area contributed by atoms with E-state index >= 15 is 0 Å². The first kappa shape index (κ1) is 25.0. The van der Waals surface area contributed by atoms with Crippen molar-refractivity contribution in [2.75, 3.05) is 11.4 Å². The van der Waals surface area contributed by atoms with Gasteiger partial charge in [-0.2, -0.15) is 0 Å². The smallest absolute Gasteiger partial charge is 0.335 e. The van der Waals surface area contributed by atoms with Crippen molar-refractivity contribution >= 4 is 11.7 Å². The third kappa shape index (κ3) is 5.68. The summed E-state index contributed by atoms with van der Waals surface area (Å²) in [4.78, 5) is 14.1. The second-order valence-corrected chi connectivity index (χ2v) is 10.1. The van der Waals surface area contributed by atoms with Gasteiger partial charge in [0.2, 0.25) is 0 Å². The molecule has 0 N–H and O–H groups in total. The largest absolute Gasteiger partial charge is 0.422 e. The third-order valence-corrected chi connectivity index (χ3v) is 6.81. The number of carbonyl (C=O) groups is 1. The Kier molecular flexibility index (Phi) is 7.10. The van der Waals surface area contributed by atoms with E-state index in [1.807, 2.05) is 53.3 Å². The highest BCUT2D eigenvalue weighted by Gasteiger charge is 2.31. The molecule has 4 aromatic rings. The second kappa shape index (κ2) is 10.8. The summed E-state index contributed by atoms with van der Waals surface area (Å²) in [6.07, 6.45) is 4.20. The van der Waals surface area contributed by atoms with E-state index in [-0.39, 0.29) is 5.41 Å². The van der Waals surface area contributed by atoms with Gasteiger partial charge in [-0.1, -0.05) is 79.9 Å². The van der Waals surface area contributed by atoms with Crippen molar-refractivity contribution in [2.45, 2.75) is 38.8 Å². The zero-order chi connectivity index (χ0) is 26.5. The minimum Gasteiger partial charge on any atom is -0.422 e. The van der Waals surface area contributed by atoms with Crippen LogP contribution >= 0.6 is 0 Å². The molecular formula is C32H30N4O2. The van der Waals surface area contributed by atoms with Crippen LogP contribution in [-0.4, -0.2) is 27.5 Å². The Morgan fingerprint density at radius 1 is 1.05 bits per heavy atom. The van der Waals surface area contributed by atoms with Crippen molar-refractivity contribution in [3.63, 3.8) is 0 Å². The number of carbonyl (C=O) groups excluding carboxylic acids is 1. The van der Waals surface area contributed by atoms with Crippen LogP contribution in [0.1, 0.15) is 48.2 Å². The number of ether oxygens (including phenoxy) is 1. The maximum atomic E-state index is 11.7. The van der Waals surface area contributed by atoms with Crippen LogP contribution in [-0.2, 0) is 23.3 Å². The van der Waals surface area contributed by atoms with Gasteiger partial charge in [0, 0.05) is 23.9 Å². The van der Waals surface area contributed by atoms with Gasteiger partial charge in [-0.3, -0.25) is 0 Å². The molecule has 0 fully saturated rings. The number of esters is 1. The SMILES string of the molecule is C=CC(=O)Oc1ccccc1C#Cc1ccc2c(c1)C(C)(C)CCN2Cc1cn(Cc2ccccc2)nn1. The van der Waals surface area contributed by atoms with Crippen LogP contribution < -0.4 is 9.64 Å². The summed E-state index contributed by atoms with van der Waals surface area (Å²) in [5.74, 6) is 6.35. The molecule has 6 heteroatoms. The number of nitrogens with zero attached hydrogens (tertiary/aromatic N) is 4. The molecule has 0 saturated heterocycles. The number of benzene rings is 3. The zero-order valence-corrected chi connectivity index (χ0v) is 21.7. The average molecular weight is 503 g/mol. The minimum absolute atomic E-state index is 0.0197. The molecule has 0 saturated carbocycles. The number of aromatic nitrogens is 3. The highest BCUT2D eigenvalue weighted by Crippen LogP contribution is 2.40. The van der Waals surface area contributed by atoms with Crippen LogP contribution in [0.15, 0.2) is 91.6 Å². The van der Waals surface area contributed by atoms with Crippen LogP contribution in [0.25, 0.3) is 0 Å². The van der Waals surface area contributed by atoms with E-state index in [1.54, 1.807) is 6.07 Å². The van der Waals surface area contributed by atoms with Gasteiger partial charge in [0.1, 0.15) is 11.4 Å². The monoisotopic (exact) mass is 502 g/mol. The predicted molar refractivity (Wildman–Crippen MR) is 149 cm³/mol. The van der Waals surface area contributed by atoms with Gasteiger partial charge in [-0.15, -0.1) is 5.10 Å². The molecule has 1 aliphatic heterocycles. The van der Waals surface area contributed by atoms with E-state index in [9.17, 15) is 4.79 Å². The fourth-order valence-electron chi connectivity index (χ4n) is 4.67. The Balaban J connectivity index is 1.37. The normalized spacial score (nSPS) is 13.7. The number of hydrogen-bond acceptors (Lipinski definition) is 5. The fourth-order valence-corrected chi connectivity index (χ4v) is 4.67. The van der Waals surface area contributed by atoms with Crippen LogP contribution in [0.2, 0.25) is 0 Å². The van der Waals surface area contributed by atoms with E-state index in [0.717, 1.165) is 30.3 Å². The molecule has 1 aliphatic rings. The number of hydrogen-bond donors (Lipinski definition) is 0. The minimum atomic E-state index is -0.505. The lowest BCUT2D eigenvalue weighted by Gasteiger charge is -2.40. The summed E-state index contributed by atoms with van der Waals surface area (Å²) >= 11 is 0. The molecule has 6 nitrogen and oxygen atoms in total. The van der Waals surface area contributed by atoms with Crippen molar-refractivity contribution in [1.82, 2.24) is 15.0 Å². The van der Waals surface area contributed by atoms with E-state index in [4.69, 9.17) is 4.74 Å². The van der Waals surface area contributed by atoms with Crippen molar-refractivity contribution in [1.29, 1.82) is 0 Å². The Labute approximate surface area is 223 Å². The van der Waals surface area contributed by atoms with Gasteiger partial charge in [0.25, 0.3) is 0 Å². The van der Waals surface area contributed by atoms with Crippen LogP contribution in [0, 0.1) is 11.8 Å². The standard InChI is InChI=1S/C32H30N4O2/c1-4-31(37)38-30-13-9-8-12-26(30)16-14-24-15-17-29-28(20-24)32(2,3)18-19-35(29)22-27-23-36(34-33-27)21-25-10-6-5-7-11-25/h4-13,15,17,20,23H,1,18-19,21-22H2,2-3H3. The molecule has 0 radical (unpaired) electrons. The maximum absolute atomic E-state index is 11.7. The molecule has 38 heavy (non-hydrogen) atoms. The number of para-hydroxylation sites is 1. The van der Waals surface area contributed by atoms with Gasteiger partial charge in [-0.25, -0.2) is 9.48 Å². The highest BCUT2D eigenvalue weighted by molar-refractivity contribution is 5.83. The Hall–Kier alpha value is -4.63.